The molecule has 0 saturated carbocycles. The van der Waals surface area contributed by atoms with Gasteiger partial charge in [0.2, 0.25) is 0 Å². The number of phenols is 1. The van der Waals surface area contributed by atoms with E-state index in [1.165, 1.54) is 0 Å². The number of nitrogens with one attached hydrogen (secondary N) is 1. The quantitative estimate of drug-likeness (QED) is 0.264. The van der Waals surface area contributed by atoms with E-state index in [0.717, 1.165) is 23.1 Å². The number of carboxylic acids is 1. The number of aromatic hydroxyl groups is 1. The molecule has 3 N–H and O–H groups in total. The second kappa shape index (κ2) is 10.6. The van der Waals surface area contributed by atoms with Crippen LogP contribution in [0.25, 0.3) is 0 Å². The van der Waals surface area contributed by atoms with Gasteiger partial charge in [-0.05, 0) is 68.1 Å². The van der Waals surface area contributed by atoms with E-state index in [4.69, 9.17) is 4.74 Å². The van der Waals surface area contributed by atoms with Gasteiger partial charge in [0.1, 0.15) is 11.9 Å². The Hall–Kier alpha value is -2.08. The first-order valence-corrected chi connectivity index (χ1v) is 13.7. The maximum absolute atomic E-state index is 13.9. The Balaban J connectivity index is 2.59. The van der Waals surface area contributed by atoms with Crippen LogP contribution in [-0.4, -0.2) is 39.3 Å². The number of hydrogen-bond donors (Lipinski definition) is 3. The summed E-state index contributed by atoms with van der Waals surface area (Å²) in [5.74, 6) is -1.57. The minimum Gasteiger partial charge on any atom is -0.507 e. The summed E-state index contributed by atoms with van der Waals surface area (Å²) < 4.78 is 6.07. The van der Waals surface area contributed by atoms with E-state index in [2.05, 4.69) is 33.0 Å². The average molecular weight is 518 g/mol. The number of benzene rings is 1. The standard InChI is InChI=1S/C31H51NO5/c1-12-13-14-31(25(34)35,26(36)37-21-18-29(8,9)32-30(10,11)19-21)17-20-15-22(27(2,3)4)24(33)23(16-20)28(5,6)7/h15-16,21,32-33H,12-14,17-19H2,1-11H3,(H,34,35). The van der Waals surface area contributed by atoms with Crippen molar-refractivity contribution in [3.63, 3.8) is 0 Å². The van der Waals surface area contributed by atoms with E-state index >= 15 is 0 Å². The number of phenolic OH excluding ortho intramolecular Hbond substituents is 1. The highest BCUT2D eigenvalue weighted by molar-refractivity contribution is 5.99. The summed E-state index contributed by atoms with van der Waals surface area (Å²) >= 11 is 0. The van der Waals surface area contributed by atoms with Crippen LogP contribution in [0.5, 0.6) is 5.75 Å². The highest BCUT2D eigenvalue weighted by atomic mass is 16.5. The van der Waals surface area contributed by atoms with Crippen molar-refractivity contribution in [1.29, 1.82) is 0 Å². The van der Waals surface area contributed by atoms with Crippen molar-refractivity contribution < 1.29 is 24.5 Å². The molecule has 0 amide bonds. The molecule has 1 aliphatic rings. The minimum absolute atomic E-state index is 0.0192. The van der Waals surface area contributed by atoms with Crippen LogP contribution in [0.1, 0.15) is 125 Å². The molecule has 1 fully saturated rings. The Bertz CT molecular complexity index is 945. The molecule has 0 radical (unpaired) electrons. The normalized spacial score (nSPS) is 19.8. The molecule has 37 heavy (non-hydrogen) atoms. The molecule has 0 spiro atoms. The molecule has 6 heteroatoms. The summed E-state index contributed by atoms with van der Waals surface area (Å²) in [5.41, 5.74) is -0.653. The van der Waals surface area contributed by atoms with E-state index < -0.39 is 17.4 Å². The van der Waals surface area contributed by atoms with Crippen LogP contribution in [-0.2, 0) is 31.6 Å². The highest BCUT2D eigenvalue weighted by Crippen LogP contribution is 2.42. The smallest absolute Gasteiger partial charge is 0.324 e. The Kier molecular flexibility index (Phi) is 8.91. The van der Waals surface area contributed by atoms with Gasteiger partial charge in [-0.15, -0.1) is 0 Å². The summed E-state index contributed by atoms with van der Waals surface area (Å²) in [6.45, 7) is 22.4. The first kappa shape index (κ1) is 31.1. The molecular weight excluding hydrogens is 466 g/mol. The maximum Gasteiger partial charge on any atom is 0.324 e. The predicted molar refractivity (Wildman–Crippen MR) is 149 cm³/mol. The van der Waals surface area contributed by atoms with Gasteiger partial charge >= 0.3 is 11.9 Å². The predicted octanol–water partition coefficient (Wildman–Crippen LogP) is 6.64. The fraction of sp³-hybridized carbons (Fsp3) is 0.742. The number of unbranched alkanes of at least 4 members (excludes halogenated alkanes) is 1. The van der Waals surface area contributed by atoms with Crippen molar-refractivity contribution in [2.45, 2.75) is 143 Å². The number of carboxylic acid groups (broad SMARTS) is 1. The van der Waals surface area contributed by atoms with Crippen LogP contribution in [0.3, 0.4) is 0 Å². The van der Waals surface area contributed by atoms with Crippen molar-refractivity contribution in [3.05, 3.63) is 28.8 Å². The first-order chi connectivity index (χ1) is 16.6. The number of rotatable bonds is 8. The summed E-state index contributed by atoms with van der Waals surface area (Å²) in [7, 11) is 0. The van der Waals surface area contributed by atoms with Gasteiger partial charge in [0.15, 0.2) is 5.41 Å². The minimum atomic E-state index is -1.70. The van der Waals surface area contributed by atoms with Crippen molar-refractivity contribution in [3.8, 4) is 5.75 Å². The lowest BCUT2D eigenvalue weighted by molar-refractivity contribution is -0.176. The zero-order valence-corrected chi connectivity index (χ0v) is 25.1. The van der Waals surface area contributed by atoms with Crippen LogP contribution in [0, 0.1) is 5.41 Å². The van der Waals surface area contributed by atoms with Crippen LogP contribution in [0.2, 0.25) is 0 Å². The number of carbonyl (C=O) groups is 2. The van der Waals surface area contributed by atoms with E-state index in [1.807, 2.05) is 60.6 Å². The SMILES string of the molecule is CCCCC(Cc1cc(C(C)(C)C)c(O)c(C(C)(C)C)c1)(C(=O)O)C(=O)OC1CC(C)(C)NC(C)(C)C1. The Morgan fingerprint density at radius 3 is 1.81 bits per heavy atom. The Morgan fingerprint density at radius 2 is 1.43 bits per heavy atom. The van der Waals surface area contributed by atoms with Gasteiger partial charge in [0.05, 0.1) is 0 Å². The van der Waals surface area contributed by atoms with Crippen molar-refractivity contribution in [2.24, 2.45) is 5.41 Å². The molecule has 1 aliphatic heterocycles. The molecule has 6 nitrogen and oxygen atoms in total. The van der Waals surface area contributed by atoms with Gasteiger partial charge in [-0.3, -0.25) is 9.59 Å². The Morgan fingerprint density at radius 1 is 0.973 bits per heavy atom. The average Bonchev–Trinajstić information content (AvgIpc) is 2.67. The molecular formula is C31H51NO5. The fourth-order valence-electron chi connectivity index (χ4n) is 5.88. The van der Waals surface area contributed by atoms with Crippen LogP contribution < -0.4 is 5.32 Å². The number of piperidine rings is 1. The molecule has 1 aromatic carbocycles. The molecule has 0 bridgehead atoms. The number of hydrogen-bond acceptors (Lipinski definition) is 5. The molecule has 0 aromatic heterocycles. The van der Waals surface area contributed by atoms with Crippen molar-refractivity contribution >= 4 is 11.9 Å². The summed E-state index contributed by atoms with van der Waals surface area (Å²) in [5, 5.41) is 25.3. The molecule has 1 aromatic rings. The number of aliphatic carboxylic acids is 1. The molecule has 1 unspecified atom stereocenters. The molecule has 1 atom stereocenters. The van der Waals surface area contributed by atoms with Gasteiger partial charge in [-0.2, -0.15) is 0 Å². The lowest BCUT2D eigenvalue weighted by atomic mass is 9.73. The maximum atomic E-state index is 13.9. The summed E-state index contributed by atoms with van der Waals surface area (Å²) in [6.07, 6.45) is 2.46. The number of esters is 1. The van der Waals surface area contributed by atoms with Gasteiger partial charge < -0.3 is 20.3 Å². The number of carbonyl (C=O) groups excluding carboxylic acids is 1. The van der Waals surface area contributed by atoms with Gasteiger partial charge in [-0.25, -0.2) is 0 Å². The Labute approximate surface area is 224 Å². The fourth-order valence-corrected chi connectivity index (χ4v) is 5.88. The van der Waals surface area contributed by atoms with E-state index in [9.17, 15) is 19.8 Å². The van der Waals surface area contributed by atoms with Crippen LogP contribution in [0.15, 0.2) is 12.1 Å². The molecule has 210 valence electrons. The zero-order valence-electron chi connectivity index (χ0n) is 25.1. The van der Waals surface area contributed by atoms with E-state index in [-0.39, 0.29) is 46.6 Å². The van der Waals surface area contributed by atoms with Gasteiger partial charge in [0.25, 0.3) is 0 Å². The number of ether oxygens (including phenoxy) is 1. The first-order valence-electron chi connectivity index (χ1n) is 13.7. The van der Waals surface area contributed by atoms with Crippen LogP contribution >= 0.6 is 0 Å². The topological polar surface area (TPSA) is 95.9 Å². The third kappa shape index (κ3) is 7.49. The summed E-state index contributed by atoms with van der Waals surface area (Å²) in [6, 6.07) is 3.75. The van der Waals surface area contributed by atoms with Crippen molar-refractivity contribution in [2.75, 3.05) is 0 Å². The van der Waals surface area contributed by atoms with Gasteiger partial charge in [0, 0.05) is 23.9 Å². The summed E-state index contributed by atoms with van der Waals surface area (Å²) in [4.78, 5) is 26.8. The highest BCUT2D eigenvalue weighted by Gasteiger charge is 2.50. The van der Waals surface area contributed by atoms with E-state index in [1.54, 1.807) is 0 Å². The molecule has 2 rings (SSSR count). The van der Waals surface area contributed by atoms with E-state index in [0.29, 0.717) is 19.3 Å². The zero-order chi connectivity index (χ0) is 28.6. The molecule has 1 heterocycles. The van der Waals surface area contributed by atoms with Crippen LogP contribution in [0.4, 0.5) is 0 Å². The molecule has 1 saturated heterocycles. The second-order valence-electron chi connectivity index (χ2n) is 14.5. The van der Waals surface area contributed by atoms with Gasteiger partial charge in [-0.1, -0.05) is 73.4 Å². The third-order valence-corrected chi connectivity index (χ3v) is 7.48. The lowest BCUT2D eigenvalue weighted by Crippen LogP contribution is -2.60. The third-order valence-electron chi connectivity index (χ3n) is 7.48. The molecule has 0 aliphatic carbocycles. The monoisotopic (exact) mass is 517 g/mol. The van der Waals surface area contributed by atoms with Crippen molar-refractivity contribution in [1.82, 2.24) is 5.32 Å². The largest absolute Gasteiger partial charge is 0.507 e. The lowest BCUT2D eigenvalue weighted by Gasteiger charge is -2.46. The second-order valence-corrected chi connectivity index (χ2v) is 14.5.